The summed E-state index contributed by atoms with van der Waals surface area (Å²) in [6.45, 7) is 6.66. The summed E-state index contributed by atoms with van der Waals surface area (Å²) in [6.07, 6.45) is 2.62. The van der Waals surface area contributed by atoms with E-state index in [9.17, 15) is 9.59 Å². The molecular formula is C24H23Cl2N3O2S. The number of carbonyl (C=O) groups excluding carboxylic acids is 2. The summed E-state index contributed by atoms with van der Waals surface area (Å²) in [6, 6.07) is 10.8. The Kier molecular flexibility index (Phi) is 5.82. The van der Waals surface area contributed by atoms with Crippen LogP contribution in [-0.4, -0.2) is 29.5 Å². The Labute approximate surface area is 203 Å². The van der Waals surface area contributed by atoms with Crippen LogP contribution >= 0.6 is 35.4 Å². The molecule has 166 valence electrons. The van der Waals surface area contributed by atoms with Gasteiger partial charge in [-0.3, -0.25) is 19.8 Å². The summed E-state index contributed by atoms with van der Waals surface area (Å²) in [5.74, 6) is -0.688. The molecule has 2 aromatic rings. The van der Waals surface area contributed by atoms with E-state index in [0.717, 1.165) is 17.7 Å². The molecule has 2 aliphatic rings. The lowest BCUT2D eigenvalue weighted by Gasteiger charge is -2.45. The number of rotatable bonds is 2. The van der Waals surface area contributed by atoms with E-state index < -0.39 is 11.8 Å². The van der Waals surface area contributed by atoms with Crippen molar-refractivity contribution in [3.05, 3.63) is 63.1 Å². The monoisotopic (exact) mass is 487 g/mol. The summed E-state index contributed by atoms with van der Waals surface area (Å²) in [5, 5.41) is 3.25. The smallest absolute Gasteiger partial charge is 0.270 e. The third-order valence-corrected chi connectivity index (χ3v) is 7.26. The minimum Gasteiger partial charge on any atom is -0.369 e. The van der Waals surface area contributed by atoms with Crippen molar-refractivity contribution >= 4 is 69.8 Å². The summed E-state index contributed by atoms with van der Waals surface area (Å²) in [7, 11) is 2.09. The van der Waals surface area contributed by atoms with Crippen LogP contribution < -0.4 is 15.1 Å². The number of nitrogens with zero attached hydrogens (tertiary/aromatic N) is 2. The van der Waals surface area contributed by atoms with Crippen LogP contribution in [0.25, 0.3) is 6.08 Å². The van der Waals surface area contributed by atoms with E-state index >= 15 is 0 Å². The lowest BCUT2D eigenvalue weighted by molar-refractivity contribution is -0.122. The van der Waals surface area contributed by atoms with Gasteiger partial charge in [0.15, 0.2) is 5.11 Å². The van der Waals surface area contributed by atoms with Crippen LogP contribution in [0.15, 0.2) is 42.0 Å². The van der Waals surface area contributed by atoms with Gasteiger partial charge in [-0.05, 0) is 85.9 Å². The SMILES string of the molecule is CC1CC(C)(C)N(C)c2ccc(/C=C3/C(=O)NC(=S)N(c4ccc(Cl)c(Cl)c4)C3=O)cc21. The van der Waals surface area contributed by atoms with E-state index in [1.807, 2.05) is 12.1 Å². The van der Waals surface area contributed by atoms with Gasteiger partial charge in [-0.1, -0.05) is 36.2 Å². The molecule has 0 spiro atoms. The summed E-state index contributed by atoms with van der Waals surface area (Å²) in [4.78, 5) is 29.4. The zero-order chi connectivity index (χ0) is 23.4. The lowest BCUT2D eigenvalue weighted by atomic mass is 9.80. The van der Waals surface area contributed by atoms with Crippen molar-refractivity contribution in [2.75, 3.05) is 16.8 Å². The number of carbonyl (C=O) groups is 2. The van der Waals surface area contributed by atoms with Gasteiger partial charge in [-0.15, -0.1) is 0 Å². The Hall–Kier alpha value is -2.41. The molecule has 2 aliphatic heterocycles. The second-order valence-electron chi connectivity index (χ2n) is 8.85. The number of nitrogens with one attached hydrogen (secondary N) is 1. The van der Waals surface area contributed by atoms with Gasteiger partial charge >= 0.3 is 0 Å². The Morgan fingerprint density at radius 3 is 2.53 bits per heavy atom. The highest BCUT2D eigenvalue weighted by Crippen LogP contribution is 2.42. The highest BCUT2D eigenvalue weighted by atomic mass is 35.5. The summed E-state index contributed by atoms with van der Waals surface area (Å²) in [5.41, 5.74) is 3.63. The first kappa shape index (κ1) is 22.8. The average Bonchev–Trinajstić information content (AvgIpc) is 2.71. The van der Waals surface area contributed by atoms with Gasteiger partial charge in [0, 0.05) is 18.3 Å². The number of halogens is 2. The van der Waals surface area contributed by atoms with E-state index in [2.05, 4.69) is 44.1 Å². The first-order chi connectivity index (χ1) is 15.0. The van der Waals surface area contributed by atoms with Crippen molar-refractivity contribution in [2.24, 2.45) is 0 Å². The fourth-order valence-corrected chi connectivity index (χ4v) is 4.94. The van der Waals surface area contributed by atoms with Crippen molar-refractivity contribution in [3.63, 3.8) is 0 Å². The Morgan fingerprint density at radius 2 is 1.84 bits per heavy atom. The molecule has 4 rings (SSSR count). The average molecular weight is 488 g/mol. The molecule has 32 heavy (non-hydrogen) atoms. The topological polar surface area (TPSA) is 52.7 Å². The second kappa shape index (κ2) is 8.18. The zero-order valence-corrected chi connectivity index (χ0v) is 20.5. The third kappa shape index (κ3) is 3.91. The molecule has 1 fully saturated rings. The molecule has 1 N–H and O–H groups in total. The van der Waals surface area contributed by atoms with Crippen LogP contribution in [0, 0.1) is 0 Å². The molecule has 2 amide bonds. The molecule has 0 bridgehead atoms. The lowest BCUT2D eigenvalue weighted by Crippen LogP contribution is -2.54. The number of hydrogen-bond donors (Lipinski definition) is 1. The fourth-order valence-electron chi connectivity index (χ4n) is 4.37. The van der Waals surface area contributed by atoms with Crippen molar-refractivity contribution < 1.29 is 9.59 Å². The number of hydrogen-bond acceptors (Lipinski definition) is 4. The molecule has 1 atom stereocenters. The molecular weight excluding hydrogens is 465 g/mol. The molecule has 1 unspecified atom stereocenters. The minimum absolute atomic E-state index is 0.00143. The van der Waals surface area contributed by atoms with Crippen LogP contribution in [-0.2, 0) is 9.59 Å². The maximum Gasteiger partial charge on any atom is 0.270 e. The van der Waals surface area contributed by atoms with Crippen LogP contribution in [0.4, 0.5) is 11.4 Å². The van der Waals surface area contributed by atoms with Crippen LogP contribution in [0.3, 0.4) is 0 Å². The van der Waals surface area contributed by atoms with Gasteiger partial charge in [-0.2, -0.15) is 0 Å². The van der Waals surface area contributed by atoms with Crippen molar-refractivity contribution in [1.29, 1.82) is 0 Å². The van der Waals surface area contributed by atoms with Gasteiger partial charge in [0.25, 0.3) is 11.8 Å². The van der Waals surface area contributed by atoms with Gasteiger partial charge in [0.05, 0.1) is 15.7 Å². The number of amides is 2. The van der Waals surface area contributed by atoms with Crippen LogP contribution in [0.5, 0.6) is 0 Å². The molecule has 0 aliphatic carbocycles. The molecule has 2 heterocycles. The maximum atomic E-state index is 13.3. The molecule has 5 nitrogen and oxygen atoms in total. The quantitative estimate of drug-likeness (QED) is 0.342. The summed E-state index contributed by atoms with van der Waals surface area (Å²) < 4.78 is 0. The van der Waals surface area contributed by atoms with Crippen molar-refractivity contribution in [1.82, 2.24) is 5.32 Å². The predicted molar refractivity (Wildman–Crippen MR) is 135 cm³/mol. The number of benzene rings is 2. The molecule has 1 saturated heterocycles. The van der Waals surface area contributed by atoms with Crippen LogP contribution in [0.1, 0.15) is 44.2 Å². The molecule has 2 aromatic carbocycles. The number of fused-ring (bicyclic) bond motifs is 1. The maximum absolute atomic E-state index is 13.3. The van der Waals surface area contributed by atoms with Gasteiger partial charge in [0.1, 0.15) is 5.57 Å². The van der Waals surface area contributed by atoms with E-state index in [4.69, 9.17) is 35.4 Å². The highest BCUT2D eigenvalue weighted by Gasteiger charge is 2.36. The van der Waals surface area contributed by atoms with E-state index in [1.165, 1.54) is 10.5 Å². The number of anilines is 2. The van der Waals surface area contributed by atoms with Crippen molar-refractivity contribution in [3.8, 4) is 0 Å². The molecule has 0 saturated carbocycles. The van der Waals surface area contributed by atoms with Gasteiger partial charge in [-0.25, -0.2) is 0 Å². The van der Waals surface area contributed by atoms with E-state index in [0.29, 0.717) is 16.6 Å². The zero-order valence-electron chi connectivity index (χ0n) is 18.2. The fraction of sp³-hybridized carbons (Fsp3) is 0.292. The van der Waals surface area contributed by atoms with E-state index in [1.54, 1.807) is 24.3 Å². The predicted octanol–water partition coefficient (Wildman–Crippen LogP) is 5.55. The van der Waals surface area contributed by atoms with Gasteiger partial charge in [0.2, 0.25) is 0 Å². The molecule has 8 heteroatoms. The largest absolute Gasteiger partial charge is 0.369 e. The second-order valence-corrected chi connectivity index (χ2v) is 10.1. The van der Waals surface area contributed by atoms with Gasteiger partial charge < -0.3 is 4.90 Å². The van der Waals surface area contributed by atoms with E-state index in [-0.39, 0.29) is 21.2 Å². The minimum atomic E-state index is -0.527. The number of thiocarbonyl (C=S) groups is 1. The van der Waals surface area contributed by atoms with Crippen LogP contribution in [0.2, 0.25) is 10.0 Å². The normalized spacial score (nSPS) is 21.6. The highest BCUT2D eigenvalue weighted by molar-refractivity contribution is 7.80. The first-order valence-electron chi connectivity index (χ1n) is 10.2. The Morgan fingerprint density at radius 1 is 1.12 bits per heavy atom. The third-order valence-electron chi connectivity index (χ3n) is 6.23. The molecule has 0 aromatic heterocycles. The standard InChI is InChI=1S/C24H23Cl2N3O2S/c1-13-12-24(2,3)28(4)20-8-5-14(9-16(13)20)10-17-21(30)27-23(32)29(22(17)31)15-6-7-18(25)19(26)11-15/h5-11,13H,12H2,1-4H3,(H,27,30,32)/b17-10-. The summed E-state index contributed by atoms with van der Waals surface area (Å²) >= 11 is 17.4. The molecule has 0 radical (unpaired) electrons. The Balaban J connectivity index is 1.73. The van der Waals surface area contributed by atoms with Crippen molar-refractivity contribution in [2.45, 2.75) is 38.6 Å². The Bertz CT molecular complexity index is 1190. The first-order valence-corrected chi connectivity index (χ1v) is 11.4.